The van der Waals surface area contributed by atoms with Gasteiger partial charge in [0.25, 0.3) is 0 Å². The second-order valence-electron chi connectivity index (χ2n) is 3.34. The highest BCUT2D eigenvalue weighted by molar-refractivity contribution is 5.28. The van der Waals surface area contributed by atoms with Crippen molar-refractivity contribution in [3.8, 4) is 0 Å². The van der Waals surface area contributed by atoms with Gasteiger partial charge in [0.1, 0.15) is 0 Å². The van der Waals surface area contributed by atoms with E-state index in [1.807, 2.05) is 0 Å². The first-order valence-corrected chi connectivity index (χ1v) is 4.78. The third kappa shape index (κ3) is 1.88. The van der Waals surface area contributed by atoms with Crippen molar-refractivity contribution in [2.45, 2.75) is 33.6 Å². The van der Waals surface area contributed by atoms with Gasteiger partial charge in [-0.25, -0.2) is 0 Å². The summed E-state index contributed by atoms with van der Waals surface area (Å²) >= 11 is 0. The average Bonchev–Trinajstić information content (AvgIpc) is 2.16. The van der Waals surface area contributed by atoms with Crippen LogP contribution in [0.3, 0.4) is 0 Å². The van der Waals surface area contributed by atoms with Gasteiger partial charge in [-0.15, -0.1) is 0 Å². The Kier molecular flexibility index (Phi) is 3.33. The molecule has 0 saturated heterocycles. The highest BCUT2D eigenvalue weighted by atomic mass is 14.2. The molecule has 0 heterocycles. The molecule has 0 spiro atoms. The van der Waals surface area contributed by atoms with Gasteiger partial charge in [0.05, 0.1) is 0 Å². The summed E-state index contributed by atoms with van der Waals surface area (Å²) in [5.41, 5.74) is 3.08. The van der Waals surface area contributed by atoms with Gasteiger partial charge in [-0.3, -0.25) is 0 Å². The third-order valence-corrected chi connectivity index (χ3v) is 2.68. The van der Waals surface area contributed by atoms with Crippen molar-refractivity contribution in [2.75, 3.05) is 0 Å². The first kappa shape index (κ1) is 9.31. The summed E-state index contributed by atoms with van der Waals surface area (Å²) in [5.74, 6) is 0.685. The van der Waals surface area contributed by atoms with Gasteiger partial charge in [0.2, 0.25) is 0 Å². The molecule has 0 unspecified atom stereocenters. The Bertz CT molecular complexity index is 228. The fraction of sp³-hybridized carbons (Fsp3) is 0.500. The van der Waals surface area contributed by atoms with Crippen molar-refractivity contribution in [3.63, 3.8) is 0 Å². The van der Waals surface area contributed by atoms with E-state index in [1.165, 1.54) is 18.4 Å². The minimum absolute atomic E-state index is 0.685. The maximum atomic E-state index is 2.27. The molecule has 0 saturated carbocycles. The molecule has 0 nitrogen and oxygen atoms in total. The molecule has 1 atom stereocenters. The Morgan fingerprint density at radius 2 is 2.42 bits per heavy atom. The van der Waals surface area contributed by atoms with Crippen LogP contribution in [-0.4, -0.2) is 0 Å². The molecule has 0 N–H and O–H groups in total. The second kappa shape index (κ2) is 4.30. The summed E-state index contributed by atoms with van der Waals surface area (Å²) in [6.45, 7) is 6.59. The summed E-state index contributed by atoms with van der Waals surface area (Å²) in [7, 11) is 0. The zero-order valence-electron chi connectivity index (χ0n) is 8.30. The Balaban J connectivity index is 2.79. The zero-order valence-corrected chi connectivity index (χ0v) is 8.30. The highest BCUT2D eigenvalue weighted by Gasteiger charge is 2.14. The predicted molar refractivity (Wildman–Crippen MR) is 55.1 cm³/mol. The van der Waals surface area contributed by atoms with Gasteiger partial charge in [-0.2, -0.15) is 0 Å². The Morgan fingerprint density at radius 3 is 3.00 bits per heavy atom. The van der Waals surface area contributed by atoms with Crippen LogP contribution in [0, 0.1) is 5.92 Å². The van der Waals surface area contributed by atoms with Crippen molar-refractivity contribution in [3.05, 3.63) is 35.5 Å². The molecule has 0 aromatic heterocycles. The fourth-order valence-electron chi connectivity index (χ4n) is 1.72. The molecular formula is C12H18. The number of hydrogen-bond donors (Lipinski definition) is 0. The van der Waals surface area contributed by atoms with Crippen LogP contribution in [0.4, 0.5) is 0 Å². The molecule has 0 amide bonds. The smallest absolute Gasteiger partial charge is 0.00417 e. The van der Waals surface area contributed by atoms with Gasteiger partial charge in [-0.05, 0) is 26.7 Å². The van der Waals surface area contributed by atoms with E-state index in [-0.39, 0.29) is 0 Å². The molecule has 0 fully saturated rings. The van der Waals surface area contributed by atoms with Crippen LogP contribution in [0.25, 0.3) is 0 Å². The van der Waals surface area contributed by atoms with E-state index < -0.39 is 0 Å². The molecule has 0 aromatic rings. The molecule has 12 heavy (non-hydrogen) atoms. The Labute approximate surface area is 75.7 Å². The maximum absolute atomic E-state index is 2.27. The number of rotatable bonds is 2. The molecule has 66 valence electrons. The maximum Gasteiger partial charge on any atom is 0.00417 e. The van der Waals surface area contributed by atoms with Gasteiger partial charge in [-0.1, -0.05) is 42.4 Å². The fourth-order valence-corrected chi connectivity index (χ4v) is 1.72. The SMILES string of the molecule is C/C=C(/C)[C@@H]1CC=CC=C1CC. The Morgan fingerprint density at radius 1 is 1.67 bits per heavy atom. The van der Waals surface area contributed by atoms with Crippen LogP contribution >= 0.6 is 0 Å². The first-order valence-electron chi connectivity index (χ1n) is 4.78. The highest BCUT2D eigenvalue weighted by Crippen LogP contribution is 2.29. The lowest BCUT2D eigenvalue weighted by atomic mass is 9.84. The lowest BCUT2D eigenvalue weighted by Crippen LogP contribution is -2.06. The summed E-state index contributed by atoms with van der Waals surface area (Å²) in [6, 6.07) is 0. The van der Waals surface area contributed by atoms with Crippen molar-refractivity contribution < 1.29 is 0 Å². The summed E-state index contributed by atoms with van der Waals surface area (Å²) in [5, 5.41) is 0. The van der Waals surface area contributed by atoms with Crippen LogP contribution in [0.15, 0.2) is 35.5 Å². The lowest BCUT2D eigenvalue weighted by molar-refractivity contribution is 0.686. The van der Waals surface area contributed by atoms with Crippen LogP contribution in [0.2, 0.25) is 0 Å². The first-order chi connectivity index (χ1) is 5.79. The van der Waals surface area contributed by atoms with E-state index in [0.717, 1.165) is 0 Å². The van der Waals surface area contributed by atoms with Gasteiger partial charge >= 0.3 is 0 Å². The molecule has 0 aliphatic heterocycles. The van der Waals surface area contributed by atoms with Crippen molar-refractivity contribution in [1.82, 2.24) is 0 Å². The topological polar surface area (TPSA) is 0 Å². The third-order valence-electron chi connectivity index (χ3n) is 2.68. The van der Waals surface area contributed by atoms with Gasteiger partial charge in [0, 0.05) is 5.92 Å². The van der Waals surface area contributed by atoms with E-state index >= 15 is 0 Å². The Hall–Kier alpha value is -0.780. The minimum Gasteiger partial charge on any atom is -0.0881 e. The second-order valence-corrected chi connectivity index (χ2v) is 3.34. The standard InChI is InChI=1S/C12H18/c1-4-10(3)12-9-7-6-8-11(12)5-2/h4,6-8,12H,5,9H2,1-3H3/b10-4-/t12-/m0/s1. The average molecular weight is 162 g/mol. The van der Waals surface area contributed by atoms with Gasteiger partial charge in [0.15, 0.2) is 0 Å². The van der Waals surface area contributed by atoms with E-state index in [0.29, 0.717) is 5.92 Å². The van der Waals surface area contributed by atoms with Crippen molar-refractivity contribution in [2.24, 2.45) is 5.92 Å². The molecule has 0 aromatic carbocycles. The van der Waals surface area contributed by atoms with E-state index in [2.05, 4.69) is 45.1 Å². The largest absolute Gasteiger partial charge is 0.0881 e. The predicted octanol–water partition coefficient (Wildman–Crippen LogP) is 3.87. The van der Waals surface area contributed by atoms with Crippen LogP contribution in [0.5, 0.6) is 0 Å². The van der Waals surface area contributed by atoms with Crippen LogP contribution < -0.4 is 0 Å². The van der Waals surface area contributed by atoms with Crippen LogP contribution in [-0.2, 0) is 0 Å². The number of hydrogen-bond acceptors (Lipinski definition) is 0. The summed E-state index contributed by atoms with van der Waals surface area (Å²) in [4.78, 5) is 0. The minimum atomic E-state index is 0.685. The zero-order chi connectivity index (χ0) is 8.97. The molecule has 1 aliphatic carbocycles. The van der Waals surface area contributed by atoms with Crippen molar-refractivity contribution in [1.29, 1.82) is 0 Å². The lowest BCUT2D eigenvalue weighted by Gasteiger charge is -2.21. The van der Waals surface area contributed by atoms with E-state index in [1.54, 1.807) is 5.57 Å². The quantitative estimate of drug-likeness (QED) is 0.541. The molecular weight excluding hydrogens is 144 g/mol. The monoisotopic (exact) mass is 162 g/mol. The van der Waals surface area contributed by atoms with E-state index in [4.69, 9.17) is 0 Å². The van der Waals surface area contributed by atoms with Crippen molar-refractivity contribution >= 4 is 0 Å². The normalized spacial score (nSPS) is 24.1. The molecule has 0 heteroatoms. The molecule has 1 aliphatic rings. The van der Waals surface area contributed by atoms with Gasteiger partial charge < -0.3 is 0 Å². The van der Waals surface area contributed by atoms with Crippen LogP contribution in [0.1, 0.15) is 33.6 Å². The molecule has 0 bridgehead atoms. The number of allylic oxidation sites excluding steroid dienone is 6. The molecule has 1 rings (SSSR count). The molecule has 0 radical (unpaired) electrons. The summed E-state index contributed by atoms with van der Waals surface area (Å²) in [6.07, 6.45) is 11.3. The van der Waals surface area contributed by atoms with E-state index in [9.17, 15) is 0 Å². The summed E-state index contributed by atoms with van der Waals surface area (Å²) < 4.78 is 0.